The molecular weight excluding hydrogens is 607 g/mol. The molecular formula is C47H35N3. The van der Waals surface area contributed by atoms with Gasteiger partial charge in [0.1, 0.15) is 0 Å². The van der Waals surface area contributed by atoms with Crippen molar-refractivity contribution in [2.75, 3.05) is 0 Å². The van der Waals surface area contributed by atoms with E-state index >= 15 is 0 Å². The molecule has 2 heterocycles. The van der Waals surface area contributed by atoms with Crippen molar-refractivity contribution in [3.05, 3.63) is 181 Å². The van der Waals surface area contributed by atoms with Crippen LogP contribution in [-0.2, 0) is 0 Å². The molecule has 0 N–H and O–H groups in total. The lowest BCUT2D eigenvalue weighted by molar-refractivity contribution is 0.811. The maximum Gasteiger partial charge on any atom is 0.160 e. The van der Waals surface area contributed by atoms with Crippen molar-refractivity contribution in [1.29, 1.82) is 0 Å². The van der Waals surface area contributed by atoms with Crippen molar-refractivity contribution in [2.45, 2.75) is 25.2 Å². The van der Waals surface area contributed by atoms with Gasteiger partial charge in [0.05, 0.1) is 22.6 Å². The third-order valence-corrected chi connectivity index (χ3v) is 9.82. The molecule has 1 atom stereocenters. The zero-order valence-electron chi connectivity index (χ0n) is 27.7. The Balaban J connectivity index is 1.14. The lowest BCUT2D eigenvalue weighted by Gasteiger charge is -2.16. The number of pyridine rings is 1. The highest BCUT2D eigenvalue weighted by molar-refractivity contribution is 6.14. The van der Waals surface area contributed by atoms with Gasteiger partial charge in [0.25, 0.3) is 0 Å². The number of allylic oxidation sites excluding steroid dienone is 8. The number of hydrogen-bond acceptors (Lipinski definition) is 3. The lowest BCUT2D eigenvalue weighted by Crippen LogP contribution is -2.04. The van der Waals surface area contributed by atoms with Gasteiger partial charge in [-0.25, -0.2) is 15.0 Å². The molecule has 5 aromatic carbocycles. The average Bonchev–Trinajstić information content (AvgIpc) is 3.21. The Labute approximate surface area is 292 Å². The van der Waals surface area contributed by atoms with Crippen molar-refractivity contribution >= 4 is 27.2 Å². The highest BCUT2D eigenvalue weighted by Crippen LogP contribution is 2.38. The van der Waals surface area contributed by atoms with Crippen LogP contribution in [0.15, 0.2) is 170 Å². The van der Waals surface area contributed by atoms with E-state index in [1.807, 2.05) is 6.07 Å². The van der Waals surface area contributed by atoms with Crippen LogP contribution in [0.1, 0.15) is 36.6 Å². The van der Waals surface area contributed by atoms with Crippen molar-refractivity contribution in [1.82, 2.24) is 15.0 Å². The first kappa shape index (κ1) is 29.9. The van der Waals surface area contributed by atoms with Crippen LogP contribution in [0.3, 0.4) is 0 Å². The number of hydrogen-bond donors (Lipinski definition) is 0. The first-order chi connectivity index (χ1) is 24.8. The summed E-state index contributed by atoms with van der Waals surface area (Å²) in [5.41, 5.74) is 12.0. The molecule has 3 heteroatoms. The van der Waals surface area contributed by atoms with E-state index in [0.717, 1.165) is 69.9 Å². The number of aromatic nitrogens is 3. The normalized spacial score (nSPS) is 15.4. The monoisotopic (exact) mass is 641 g/mol. The SMILES string of the molecule is C1=CCC(c2cc(-c3ccccc3)nc(-c3ccc(-c4ccc5ccc6nc(C7=CCCC=C7)cc(-c7ccccc7)c6c5c4)cc3)n2)C=C1. The molecule has 2 aliphatic rings. The van der Waals surface area contributed by atoms with Crippen molar-refractivity contribution < 1.29 is 0 Å². The van der Waals surface area contributed by atoms with Gasteiger partial charge in [0, 0.05) is 22.4 Å². The van der Waals surface area contributed by atoms with Crippen LogP contribution in [0, 0.1) is 0 Å². The van der Waals surface area contributed by atoms with Gasteiger partial charge in [-0.3, -0.25) is 0 Å². The van der Waals surface area contributed by atoms with Gasteiger partial charge in [-0.15, -0.1) is 0 Å². The van der Waals surface area contributed by atoms with E-state index in [9.17, 15) is 0 Å². The summed E-state index contributed by atoms with van der Waals surface area (Å²) in [7, 11) is 0. The van der Waals surface area contributed by atoms with E-state index in [0.29, 0.717) is 0 Å². The zero-order valence-corrected chi connectivity index (χ0v) is 27.7. The van der Waals surface area contributed by atoms with Crippen LogP contribution >= 0.6 is 0 Å². The summed E-state index contributed by atoms with van der Waals surface area (Å²) < 4.78 is 0. The molecule has 0 bridgehead atoms. The van der Waals surface area contributed by atoms with Crippen molar-refractivity contribution in [3.8, 4) is 44.9 Å². The second kappa shape index (κ2) is 13.0. The third kappa shape index (κ3) is 5.77. The van der Waals surface area contributed by atoms with Gasteiger partial charge >= 0.3 is 0 Å². The van der Waals surface area contributed by atoms with Gasteiger partial charge in [0.2, 0.25) is 0 Å². The summed E-state index contributed by atoms with van der Waals surface area (Å²) in [4.78, 5) is 15.4. The molecule has 0 fully saturated rings. The molecule has 2 aromatic heterocycles. The number of rotatable bonds is 6. The number of nitrogens with zero attached hydrogens (tertiary/aromatic N) is 3. The topological polar surface area (TPSA) is 38.7 Å². The fraction of sp³-hybridized carbons (Fsp3) is 0.0851. The molecule has 0 radical (unpaired) electrons. The van der Waals surface area contributed by atoms with Gasteiger partial charge < -0.3 is 0 Å². The van der Waals surface area contributed by atoms with Crippen LogP contribution in [0.5, 0.6) is 0 Å². The Morgan fingerprint density at radius 1 is 0.540 bits per heavy atom. The van der Waals surface area contributed by atoms with Crippen LogP contribution in [-0.4, -0.2) is 15.0 Å². The van der Waals surface area contributed by atoms with Crippen LogP contribution in [0.4, 0.5) is 0 Å². The summed E-state index contributed by atoms with van der Waals surface area (Å²) in [5, 5.41) is 3.58. The zero-order chi connectivity index (χ0) is 33.3. The first-order valence-electron chi connectivity index (χ1n) is 17.5. The Morgan fingerprint density at radius 3 is 2.06 bits per heavy atom. The molecule has 2 aliphatic carbocycles. The second-order valence-electron chi connectivity index (χ2n) is 13.1. The van der Waals surface area contributed by atoms with E-state index in [-0.39, 0.29) is 5.92 Å². The fourth-order valence-corrected chi connectivity index (χ4v) is 7.19. The molecule has 0 aliphatic heterocycles. The summed E-state index contributed by atoms with van der Waals surface area (Å²) in [6.07, 6.45) is 18.5. The van der Waals surface area contributed by atoms with E-state index in [1.54, 1.807) is 0 Å². The van der Waals surface area contributed by atoms with Crippen molar-refractivity contribution in [2.24, 2.45) is 0 Å². The average molecular weight is 642 g/mol. The molecule has 0 spiro atoms. The van der Waals surface area contributed by atoms with E-state index in [2.05, 4.69) is 164 Å². The highest BCUT2D eigenvalue weighted by Gasteiger charge is 2.17. The molecule has 9 rings (SSSR count). The number of fused-ring (bicyclic) bond motifs is 3. The Hall–Kier alpha value is -6.19. The quantitative estimate of drug-likeness (QED) is 0.170. The molecule has 0 saturated heterocycles. The molecule has 50 heavy (non-hydrogen) atoms. The van der Waals surface area contributed by atoms with Crippen LogP contribution in [0.2, 0.25) is 0 Å². The second-order valence-corrected chi connectivity index (χ2v) is 13.1. The van der Waals surface area contributed by atoms with Gasteiger partial charge in [0.15, 0.2) is 5.82 Å². The van der Waals surface area contributed by atoms with E-state index in [1.165, 1.54) is 32.9 Å². The maximum absolute atomic E-state index is 5.21. The fourth-order valence-electron chi connectivity index (χ4n) is 7.19. The minimum absolute atomic E-state index is 0.234. The largest absolute Gasteiger partial charge is 0.248 e. The summed E-state index contributed by atoms with van der Waals surface area (Å²) >= 11 is 0. The predicted molar refractivity (Wildman–Crippen MR) is 209 cm³/mol. The molecule has 3 nitrogen and oxygen atoms in total. The predicted octanol–water partition coefficient (Wildman–Crippen LogP) is 12.2. The van der Waals surface area contributed by atoms with Crippen molar-refractivity contribution in [3.63, 3.8) is 0 Å². The van der Waals surface area contributed by atoms with Gasteiger partial charge in [-0.05, 0) is 82.1 Å². The van der Waals surface area contributed by atoms with E-state index < -0.39 is 0 Å². The Morgan fingerprint density at radius 2 is 1.30 bits per heavy atom. The molecule has 0 amide bonds. The standard InChI is InChI=1S/C47H35N3/c1-5-13-33(14-6-1)41-30-43(35-15-7-2-8-16-35)48-42-28-27-34-23-26-39(29-40(34)46(41)42)32-21-24-38(25-22-32)47-49-44(36-17-9-3-10-18-36)31-45(50-47)37-19-11-4-12-20-37/h1,3-7,9-19,21-31,37H,2,8,20H2. The molecule has 7 aromatic rings. The number of benzene rings is 5. The highest BCUT2D eigenvalue weighted by atomic mass is 14.9. The molecule has 1 unspecified atom stereocenters. The lowest BCUT2D eigenvalue weighted by atomic mass is 9.92. The Kier molecular flexibility index (Phi) is 7.79. The van der Waals surface area contributed by atoms with Crippen LogP contribution < -0.4 is 0 Å². The molecule has 0 saturated carbocycles. The first-order valence-corrected chi connectivity index (χ1v) is 17.5. The van der Waals surface area contributed by atoms with Gasteiger partial charge in [-0.1, -0.05) is 146 Å². The smallest absolute Gasteiger partial charge is 0.160 e. The minimum Gasteiger partial charge on any atom is -0.248 e. The van der Waals surface area contributed by atoms with E-state index in [4.69, 9.17) is 15.0 Å². The Bertz CT molecular complexity index is 2490. The molecule has 238 valence electrons. The summed E-state index contributed by atoms with van der Waals surface area (Å²) in [5.74, 6) is 0.982. The summed E-state index contributed by atoms with van der Waals surface area (Å²) in [6, 6.07) is 45.4. The third-order valence-electron chi connectivity index (χ3n) is 9.82. The minimum atomic E-state index is 0.234. The van der Waals surface area contributed by atoms with Crippen LogP contribution in [0.25, 0.3) is 72.1 Å². The maximum atomic E-state index is 5.21. The van der Waals surface area contributed by atoms with Gasteiger partial charge in [-0.2, -0.15) is 0 Å². The summed E-state index contributed by atoms with van der Waals surface area (Å²) in [6.45, 7) is 0.